The molecule has 0 aliphatic carbocycles. The largest absolute Gasteiger partial charge is 0.0848 e. The molecule has 0 amide bonds. The molecule has 64 valence electrons. The van der Waals surface area contributed by atoms with Gasteiger partial charge in [0.15, 0.2) is 0 Å². The van der Waals surface area contributed by atoms with Crippen LogP contribution in [0.15, 0.2) is 23.8 Å². The van der Waals surface area contributed by atoms with E-state index < -0.39 is 0 Å². The van der Waals surface area contributed by atoms with Gasteiger partial charge in [0.05, 0.1) is 0 Å². The Kier molecular flexibility index (Phi) is 5.91. The summed E-state index contributed by atoms with van der Waals surface area (Å²) < 4.78 is 0. The van der Waals surface area contributed by atoms with Gasteiger partial charge in [-0.1, -0.05) is 44.6 Å². The van der Waals surface area contributed by atoms with Crippen molar-refractivity contribution in [3.05, 3.63) is 23.8 Å². The third kappa shape index (κ3) is 4.83. The minimum atomic E-state index is 0.733. The van der Waals surface area contributed by atoms with Crippen LogP contribution in [-0.4, -0.2) is 0 Å². The Morgan fingerprint density at radius 1 is 1.36 bits per heavy atom. The van der Waals surface area contributed by atoms with Gasteiger partial charge in [0.1, 0.15) is 0 Å². The first-order chi connectivity index (χ1) is 5.22. The minimum Gasteiger partial charge on any atom is -0.0848 e. The van der Waals surface area contributed by atoms with Crippen molar-refractivity contribution in [2.75, 3.05) is 0 Å². The van der Waals surface area contributed by atoms with Crippen molar-refractivity contribution >= 4 is 0 Å². The Bertz CT molecular complexity index is 140. The molecule has 0 spiro atoms. The Balaban J connectivity index is 3.89. The summed E-state index contributed by atoms with van der Waals surface area (Å²) in [5.74, 6) is 0.733. The number of rotatable bonds is 4. The molecule has 0 aromatic carbocycles. The van der Waals surface area contributed by atoms with Crippen LogP contribution in [0, 0.1) is 5.92 Å². The lowest BCUT2D eigenvalue weighted by molar-refractivity contribution is 0.655. The average molecular weight is 152 g/mol. The van der Waals surface area contributed by atoms with E-state index in [9.17, 15) is 0 Å². The second kappa shape index (κ2) is 6.21. The highest BCUT2D eigenvalue weighted by Gasteiger charge is 1.97. The van der Waals surface area contributed by atoms with Gasteiger partial charge in [-0.3, -0.25) is 0 Å². The molecule has 1 atom stereocenters. The van der Waals surface area contributed by atoms with E-state index in [-0.39, 0.29) is 0 Å². The first-order valence-electron chi connectivity index (χ1n) is 4.55. The van der Waals surface area contributed by atoms with Gasteiger partial charge in [0.2, 0.25) is 0 Å². The Hall–Kier alpha value is -0.520. The Labute approximate surface area is 71.0 Å². The van der Waals surface area contributed by atoms with Crippen LogP contribution in [0.4, 0.5) is 0 Å². The molecule has 0 saturated heterocycles. The molecule has 0 nitrogen and oxygen atoms in total. The summed E-state index contributed by atoms with van der Waals surface area (Å²) in [6.07, 6.45) is 8.93. The van der Waals surface area contributed by atoms with Crippen LogP contribution in [0.2, 0.25) is 0 Å². The van der Waals surface area contributed by atoms with Crippen LogP contribution in [-0.2, 0) is 0 Å². The van der Waals surface area contributed by atoms with Crippen LogP contribution >= 0.6 is 0 Å². The van der Waals surface area contributed by atoms with Crippen molar-refractivity contribution in [2.24, 2.45) is 5.92 Å². The quantitative estimate of drug-likeness (QED) is 0.535. The van der Waals surface area contributed by atoms with Gasteiger partial charge < -0.3 is 0 Å². The summed E-state index contributed by atoms with van der Waals surface area (Å²) >= 11 is 0. The summed E-state index contributed by atoms with van der Waals surface area (Å²) in [6.45, 7) is 8.86. The third-order valence-corrected chi connectivity index (χ3v) is 2.12. The van der Waals surface area contributed by atoms with Crippen molar-refractivity contribution in [3.8, 4) is 0 Å². The fraction of sp³-hybridized carbons (Fsp3) is 0.636. The highest BCUT2D eigenvalue weighted by atomic mass is 14.0. The summed E-state index contributed by atoms with van der Waals surface area (Å²) in [4.78, 5) is 0. The SMILES string of the molecule is CC/C=C\C=C(/C)C(C)CC. The molecule has 0 radical (unpaired) electrons. The molecule has 0 aliphatic rings. The standard InChI is InChI=1S/C11H20/c1-5-7-8-9-11(4)10(3)6-2/h7-10H,5-6H2,1-4H3/b8-7-,11-9+. The van der Waals surface area contributed by atoms with Gasteiger partial charge in [-0.25, -0.2) is 0 Å². The van der Waals surface area contributed by atoms with E-state index in [1.807, 2.05) is 0 Å². The van der Waals surface area contributed by atoms with E-state index in [4.69, 9.17) is 0 Å². The predicted molar refractivity (Wildman–Crippen MR) is 52.6 cm³/mol. The zero-order valence-electron chi connectivity index (χ0n) is 8.22. The molecule has 0 rings (SSSR count). The van der Waals surface area contributed by atoms with Crippen LogP contribution in [0.5, 0.6) is 0 Å². The summed E-state index contributed by atoms with van der Waals surface area (Å²) in [5.41, 5.74) is 1.48. The summed E-state index contributed by atoms with van der Waals surface area (Å²) in [6, 6.07) is 0. The Morgan fingerprint density at radius 2 is 2.00 bits per heavy atom. The van der Waals surface area contributed by atoms with Crippen molar-refractivity contribution in [1.82, 2.24) is 0 Å². The van der Waals surface area contributed by atoms with Crippen LogP contribution < -0.4 is 0 Å². The molecule has 0 heteroatoms. The van der Waals surface area contributed by atoms with E-state index in [0.717, 1.165) is 12.3 Å². The maximum absolute atomic E-state index is 2.27. The third-order valence-electron chi connectivity index (χ3n) is 2.12. The lowest BCUT2D eigenvalue weighted by Crippen LogP contribution is -1.92. The van der Waals surface area contributed by atoms with E-state index in [2.05, 4.69) is 45.9 Å². The van der Waals surface area contributed by atoms with Crippen molar-refractivity contribution in [3.63, 3.8) is 0 Å². The second-order valence-electron chi connectivity index (χ2n) is 3.06. The zero-order valence-corrected chi connectivity index (χ0v) is 8.22. The molecule has 0 heterocycles. The lowest BCUT2D eigenvalue weighted by Gasteiger charge is -2.06. The minimum absolute atomic E-state index is 0.733. The number of hydrogen-bond acceptors (Lipinski definition) is 0. The highest BCUT2D eigenvalue weighted by molar-refractivity contribution is 5.12. The molecule has 0 aliphatic heterocycles. The first kappa shape index (κ1) is 10.5. The monoisotopic (exact) mass is 152 g/mol. The molecule has 0 saturated carbocycles. The van der Waals surface area contributed by atoms with E-state index in [1.54, 1.807) is 0 Å². The van der Waals surface area contributed by atoms with Gasteiger partial charge in [-0.2, -0.15) is 0 Å². The van der Waals surface area contributed by atoms with E-state index in [0.29, 0.717) is 0 Å². The van der Waals surface area contributed by atoms with Crippen molar-refractivity contribution < 1.29 is 0 Å². The fourth-order valence-corrected chi connectivity index (χ4v) is 0.842. The lowest BCUT2D eigenvalue weighted by atomic mass is 10.00. The molecule has 1 unspecified atom stereocenters. The molecular formula is C11H20. The van der Waals surface area contributed by atoms with E-state index >= 15 is 0 Å². The maximum Gasteiger partial charge on any atom is -0.0234 e. The van der Waals surface area contributed by atoms with Crippen LogP contribution in [0.25, 0.3) is 0 Å². The maximum atomic E-state index is 2.27. The molecule has 0 N–H and O–H groups in total. The average Bonchev–Trinajstić information content (AvgIpc) is 2.03. The van der Waals surface area contributed by atoms with E-state index in [1.165, 1.54) is 12.0 Å². The molecule has 0 fully saturated rings. The van der Waals surface area contributed by atoms with Gasteiger partial charge in [-0.05, 0) is 25.7 Å². The predicted octanol–water partition coefficient (Wildman–Crippen LogP) is 3.95. The summed E-state index contributed by atoms with van der Waals surface area (Å²) in [5, 5.41) is 0. The smallest absolute Gasteiger partial charge is 0.0234 e. The Morgan fingerprint density at radius 3 is 2.45 bits per heavy atom. The highest BCUT2D eigenvalue weighted by Crippen LogP contribution is 2.12. The first-order valence-corrected chi connectivity index (χ1v) is 4.55. The molecular weight excluding hydrogens is 132 g/mol. The normalized spacial score (nSPS) is 15.8. The van der Waals surface area contributed by atoms with Gasteiger partial charge in [-0.15, -0.1) is 0 Å². The second-order valence-corrected chi connectivity index (χ2v) is 3.06. The topological polar surface area (TPSA) is 0 Å². The number of hydrogen-bond donors (Lipinski definition) is 0. The molecule has 11 heavy (non-hydrogen) atoms. The molecule has 0 aromatic heterocycles. The van der Waals surface area contributed by atoms with Crippen molar-refractivity contribution in [2.45, 2.75) is 40.5 Å². The van der Waals surface area contributed by atoms with Crippen molar-refractivity contribution in [1.29, 1.82) is 0 Å². The van der Waals surface area contributed by atoms with Gasteiger partial charge in [0, 0.05) is 0 Å². The summed E-state index contributed by atoms with van der Waals surface area (Å²) in [7, 11) is 0. The fourth-order valence-electron chi connectivity index (χ4n) is 0.842. The van der Waals surface area contributed by atoms with Gasteiger partial charge in [0.25, 0.3) is 0 Å². The van der Waals surface area contributed by atoms with Crippen LogP contribution in [0.1, 0.15) is 40.5 Å². The van der Waals surface area contributed by atoms with Crippen LogP contribution in [0.3, 0.4) is 0 Å². The molecule has 0 aromatic rings. The van der Waals surface area contributed by atoms with Gasteiger partial charge >= 0.3 is 0 Å². The number of allylic oxidation sites excluding steroid dienone is 4. The molecule has 0 bridgehead atoms. The zero-order chi connectivity index (χ0) is 8.69.